The van der Waals surface area contributed by atoms with Gasteiger partial charge in [-0.05, 0) is 74.7 Å². The number of aromatic nitrogens is 2. The Labute approximate surface area is 332 Å². The first-order valence-electron chi connectivity index (χ1n) is 19.0. The van der Waals surface area contributed by atoms with Crippen LogP contribution in [0.2, 0.25) is 0 Å². The van der Waals surface area contributed by atoms with Crippen LogP contribution in [0.15, 0.2) is 67.8 Å². The molecule has 0 saturated heterocycles. The SMILES string of the molecule is C=CCN(CC(=O)N(CC(=O)N(CCCCN)CC(=O)N(CC(C)=O)Cc1ccc2c(c1)OCO2)Cc1ccc2c(c1)OCO2)C(=O)CNCCCn1ccnc1. The molecular formula is C40H52N8O9. The minimum Gasteiger partial charge on any atom is -0.454 e. The van der Waals surface area contributed by atoms with Crippen molar-refractivity contribution in [2.45, 2.75) is 45.8 Å². The first-order chi connectivity index (χ1) is 27.6. The normalized spacial score (nSPS) is 12.2. The fourth-order valence-corrected chi connectivity index (χ4v) is 6.30. The molecule has 2 aliphatic heterocycles. The summed E-state index contributed by atoms with van der Waals surface area (Å²) in [5, 5.41) is 3.14. The molecule has 2 aliphatic rings. The number of fused-ring (bicyclic) bond motifs is 2. The number of benzene rings is 2. The molecule has 4 amide bonds. The van der Waals surface area contributed by atoms with Gasteiger partial charge in [0.25, 0.3) is 0 Å². The van der Waals surface area contributed by atoms with E-state index in [0.29, 0.717) is 54.5 Å². The van der Waals surface area contributed by atoms with Gasteiger partial charge in [0.2, 0.25) is 37.2 Å². The predicted molar refractivity (Wildman–Crippen MR) is 208 cm³/mol. The number of amides is 4. The van der Waals surface area contributed by atoms with Gasteiger partial charge in [0.1, 0.15) is 18.9 Å². The maximum atomic E-state index is 14.2. The van der Waals surface area contributed by atoms with Gasteiger partial charge in [-0.3, -0.25) is 24.0 Å². The van der Waals surface area contributed by atoms with Crippen molar-refractivity contribution >= 4 is 29.4 Å². The molecule has 0 radical (unpaired) electrons. The Hall–Kier alpha value is -5.94. The second-order valence-corrected chi connectivity index (χ2v) is 13.8. The number of ether oxygens (including phenoxy) is 4. The number of carbonyl (C=O) groups excluding carboxylic acids is 5. The quantitative estimate of drug-likeness (QED) is 0.0986. The van der Waals surface area contributed by atoms with E-state index in [-0.39, 0.29) is 84.2 Å². The number of Topliss-reactive ketones (excluding diaryl/α,β-unsaturated/α-hetero) is 1. The lowest BCUT2D eigenvalue weighted by atomic mass is 10.1. The highest BCUT2D eigenvalue weighted by molar-refractivity contribution is 5.91. The van der Waals surface area contributed by atoms with E-state index >= 15 is 0 Å². The van der Waals surface area contributed by atoms with Gasteiger partial charge < -0.3 is 54.2 Å². The van der Waals surface area contributed by atoms with Crippen LogP contribution in [0.5, 0.6) is 23.0 Å². The molecular weight excluding hydrogens is 736 g/mol. The average molecular weight is 789 g/mol. The highest BCUT2D eigenvalue weighted by Crippen LogP contribution is 2.34. The third-order valence-electron chi connectivity index (χ3n) is 9.26. The molecule has 3 N–H and O–H groups in total. The Morgan fingerprint density at radius 2 is 1.35 bits per heavy atom. The van der Waals surface area contributed by atoms with Gasteiger partial charge in [-0.15, -0.1) is 6.58 Å². The molecule has 0 atom stereocenters. The van der Waals surface area contributed by atoms with Crippen molar-refractivity contribution in [1.82, 2.24) is 34.5 Å². The van der Waals surface area contributed by atoms with Crippen molar-refractivity contribution < 1.29 is 42.9 Å². The second-order valence-electron chi connectivity index (χ2n) is 13.8. The lowest BCUT2D eigenvalue weighted by Crippen LogP contribution is -2.50. The first kappa shape index (κ1) is 42.2. The van der Waals surface area contributed by atoms with Gasteiger partial charge in [0.15, 0.2) is 23.0 Å². The Morgan fingerprint density at radius 1 is 0.772 bits per heavy atom. The Morgan fingerprint density at radius 3 is 1.93 bits per heavy atom. The topological polar surface area (TPSA) is 191 Å². The standard InChI is InChI=1S/C40H52N8O9/c1-3-14-45(37(50)20-42-12-6-15-44-17-13-43-27-44)24-40(53)48(23-32-8-10-34-36(19-32)57-29-55-34)26-38(51)46(16-5-4-11-41)25-39(52)47(21-30(2)49)22-31-7-9-33-35(18-31)56-28-54-33/h3,7-10,13,17-19,27,42H,1,4-6,11-12,14-16,20-26,28-29,41H2,2H3. The largest absolute Gasteiger partial charge is 0.454 e. The molecule has 57 heavy (non-hydrogen) atoms. The Bertz CT molecular complexity index is 1850. The average Bonchev–Trinajstić information content (AvgIpc) is 3.99. The number of nitrogens with zero attached hydrogens (tertiary/aromatic N) is 6. The Kier molecular flexibility index (Phi) is 15.8. The van der Waals surface area contributed by atoms with Crippen LogP contribution in [0, 0.1) is 0 Å². The number of nitrogens with one attached hydrogen (secondary N) is 1. The second kappa shape index (κ2) is 21.4. The van der Waals surface area contributed by atoms with Crippen LogP contribution in [-0.2, 0) is 43.6 Å². The summed E-state index contributed by atoms with van der Waals surface area (Å²) in [5.41, 5.74) is 7.16. The van der Waals surface area contributed by atoms with Crippen LogP contribution < -0.4 is 30.0 Å². The fourth-order valence-electron chi connectivity index (χ4n) is 6.30. The summed E-state index contributed by atoms with van der Waals surface area (Å²) in [5.74, 6) is 0.260. The van der Waals surface area contributed by atoms with E-state index in [1.54, 1.807) is 55.0 Å². The van der Waals surface area contributed by atoms with Crippen LogP contribution in [0.3, 0.4) is 0 Å². The lowest BCUT2D eigenvalue weighted by Gasteiger charge is -2.31. The van der Waals surface area contributed by atoms with Crippen LogP contribution in [0.25, 0.3) is 0 Å². The number of rotatable bonds is 24. The minimum atomic E-state index is -0.485. The maximum Gasteiger partial charge on any atom is 0.242 e. The number of hydrogen-bond donors (Lipinski definition) is 2. The highest BCUT2D eigenvalue weighted by Gasteiger charge is 2.28. The van der Waals surface area contributed by atoms with Gasteiger partial charge in [-0.25, -0.2) is 4.98 Å². The Balaban J connectivity index is 1.29. The molecule has 0 bridgehead atoms. The summed E-state index contributed by atoms with van der Waals surface area (Å²) in [4.78, 5) is 77.4. The van der Waals surface area contributed by atoms with E-state index in [9.17, 15) is 24.0 Å². The monoisotopic (exact) mass is 788 g/mol. The number of ketones is 1. The summed E-state index contributed by atoms with van der Waals surface area (Å²) < 4.78 is 23.8. The zero-order valence-corrected chi connectivity index (χ0v) is 32.4. The van der Waals surface area contributed by atoms with E-state index in [0.717, 1.165) is 18.5 Å². The lowest BCUT2D eigenvalue weighted by molar-refractivity contribution is -0.146. The molecule has 3 aromatic rings. The summed E-state index contributed by atoms with van der Waals surface area (Å²) in [6.07, 6.45) is 8.72. The molecule has 17 heteroatoms. The van der Waals surface area contributed by atoms with E-state index < -0.39 is 17.7 Å². The summed E-state index contributed by atoms with van der Waals surface area (Å²) in [7, 11) is 0. The van der Waals surface area contributed by atoms with Crippen molar-refractivity contribution in [3.8, 4) is 23.0 Å². The van der Waals surface area contributed by atoms with Gasteiger partial charge in [0.05, 0.1) is 26.0 Å². The summed E-state index contributed by atoms with van der Waals surface area (Å²) in [6, 6.07) is 10.5. The molecule has 2 aromatic carbocycles. The number of carbonyl (C=O) groups is 5. The van der Waals surface area contributed by atoms with Crippen molar-refractivity contribution in [1.29, 1.82) is 0 Å². The number of unbranched alkanes of at least 4 members (excludes halogenated alkanes) is 1. The van der Waals surface area contributed by atoms with Crippen molar-refractivity contribution in [2.24, 2.45) is 5.73 Å². The van der Waals surface area contributed by atoms with Crippen LogP contribution in [-0.4, -0.2) is 131 Å². The van der Waals surface area contributed by atoms with Gasteiger partial charge in [-0.2, -0.15) is 0 Å². The van der Waals surface area contributed by atoms with E-state index in [1.165, 1.54) is 26.5 Å². The number of imidazole rings is 1. The van der Waals surface area contributed by atoms with Crippen LogP contribution in [0.4, 0.5) is 0 Å². The zero-order valence-electron chi connectivity index (χ0n) is 32.4. The molecule has 0 spiro atoms. The fraction of sp³-hybridized carbons (Fsp3) is 0.450. The van der Waals surface area contributed by atoms with E-state index in [2.05, 4.69) is 16.9 Å². The molecule has 0 saturated carbocycles. The molecule has 0 fully saturated rings. The number of nitrogens with two attached hydrogens (primary N) is 1. The molecule has 5 rings (SSSR count). The summed E-state index contributed by atoms with van der Waals surface area (Å²) >= 11 is 0. The highest BCUT2D eigenvalue weighted by atomic mass is 16.7. The predicted octanol–water partition coefficient (Wildman–Crippen LogP) is 1.55. The van der Waals surface area contributed by atoms with Crippen molar-refractivity contribution in [3.05, 3.63) is 78.9 Å². The number of aryl methyl sites for hydroxylation is 1. The smallest absolute Gasteiger partial charge is 0.242 e. The van der Waals surface area contributed by atoms with Crippen LogP contribution >= 0.6 is 0 Å². The first-order valence-corrected chi connectivity index (χ1v) is 19.0. The molecule has 3 heterocycles. The number of hydrogen-bond acceptors (Lipinski definition) is 12. The van der Waals surface area contributed by atoms with E-state index in [4.69, 9.17) is 24.7 Å². The van der Waals surface area contributed by atoms with Crippen LogP contribution in [0.1, 0.15) is 37.3 Å². The van der Waals surface area contributed by atoms with E-state index in [1.807, 2.05) is 10.8 Å². The molecule has 0 aliphatic carbocycles. The molecule has 17 nitrogen and oxygen atoms in total. The van der Waals surface area contributed by atoms with Gasteiger partial charge in [-0.1, -0.05) is 18.2 Å². The third kappa shape index (κ3) is 12.8. The molecule has 306 valence electrons. The molecule has 1 aromatic heterocycles. The summed E-state index contributed by atoms with van der Waals surface area (Å²) in [6.45, 7) is 6.24. The van der Waals surface area contributed by atoms with Crippen molar-refractivity contribution in [2.75, 3.05) is 72.5 Å². The van der Waals surface area contributed by atoms with Gasteiger partial charge in [0, 0.05) is 45.1 Å². The molecule has 0 unspecified atom stereocenters. The van der Waals surface area contributed by atoms with Gasteiger partial charge >= 0.3 is 0 Å². The maximum absolute atomic E-state index is 14.2. The third-order valence-corrected chi connectivity index (χ3v) is 9.26. The minimum absolute atomic E-state index is 0.00614. The zero-order chi connectivity index (χ0) is 40.6. The van der Waals surface area contributed by atoms with Crippen molar-refractivity contribution in [3.63, 3.8) is 0 Å².